The molecule has 1 aromatic carbocycles. The van der Waals surface area contributed by atoms with Crippen molar-refractivity contribution in [2.75, 3.05) is 5.32 Å². The smallest absolute Gasteiger partial charge is 0.210 e. The lowest BCUT2D eigenvalue weighted by molar-refractivity contribution is 0.648. The minimum atomic E-state index is 0.506. The molecule has 0 spiro atoms. The molecule has 5 nitrogen and oxygen atoms in total. The van der Waals surface area contributed by atoms with Crippen molar-refractivity contribution in [1.82, 2.24) is 20.2 Å². The summed E-state index contributed by atoms with van der Waals surface area (Å²) in [4.78, 5) is 0.506. The van der Waals surface area contributed by atoms with Crippen molar-refractivity contribution in [3.05, 3.63) is 34.6 Å². The van der Waals surface area contributed by atoms with E-state index in [4.69, 9.17) is 23.8 Å². The second-order valence-electron chi connectivity index (χ2n) is 3.42. The van der Waals surface area contributed by atoms with E-state index in [1.165, 1.54) is 0 Å². The molecule has 1 aliphatic rings. The summed E-state index contributed by atoms with van der Waals surface area (Å²) in [5.74, 6) is 0.572. The quantitative estimate of drug-likeness (QED) is 0.719. The summed E-state index contributed by atoms with van der Waals surface area (Å²) in [7, 11) is 0. The minimum Gasteiger partial charge on any atom is -0.343 e. The van der Waals surface area contributed by atoms with Crippen LogP contribution in [0.1, 0.15) is 11.4 Å². The molecule has 2 aromatic rings. The number of fused-ring (bicyclic) bond motifs is 2. The van der Waals surface area contributed by atoms with E-state index in [1.807, 2.05) is 18.2 Å². The zero-order chi connectivity index (χ0) is 11.1. The lowest BCUT2D eigenvalue weighted by Crippen LogP contribution is -2.14. The van der Waals surface area contributed by atoms with Crippen LogP contribution in [0.3, 0.4) is 0 Å². The van der Waals surface area contributed by atoms with E-state index in [2.05, 4.69) is 20.8 Å². The van der Waals surface area contributed by atoms with Crippen LogP contribution in [0.2, 0.25) is 5.02 Å². The predicted molar refractivity (Wildman–Crippen MR) is 63.7 cm³/mol. The summed E-state index contributed by atoms with van der Waals surface area (Å²) in [5.41, 5.74) is 1.95. The van der Waals surface area contributed by atoms with Crippen LogP contribution in [0.25, 0.3) is 0 Å². The fourth-order valence-corrected chi connectivity index (χ4v) is 2.04. The topological polar surface area (TPSA) is 55.6 Å². The number of anilines is 1. The van der Waals surface area contributed by atoms with E-state index >= 15 is 0 Å². The van der Waals surface area contributed by atoms with Crippen LogP contribution in [0.4, 0.5) is 5.69 Å². The van der Waals surface area contributed by atoms with Crippen molar-refractivity contribution in [2.24, 2.45) is 0 Å². The first-order valence-electron chi connectivity index (χ1n) is 4.60. The van der Waals surface area contributed by atoms with Gasteiger partial charge in [0.15, 0.2) is 4.99 Å². The zero-order valence-corrected chi connectivity index (χ0v) is 9.59. The average Bonchev–Trinajstić information content (AvgIpc) is 2.65. The summed E-state index contributed by atoms with van der Waals surface area (Å²) < 4.78 is 1.66. The second-order valence-corrected chi connectivity index (χ2v) is 4.26. The number of tetrazole rings is 1. The molecular weight excluding hydrogens is 246 g/mol. The lowest BCUT2D eigenvalue weighted by atomic mass is 10.2. The van der Waals surface area contributed by atoms with Crippen LogP contribution in [-0.2, 0) is 6.54 Å². The molecule has 0 unspecified atom stereocenters. The molecule has 0 bridgehead atoms. The first-order valence-corrected chi connectivity index (χ1v) is 5.38. The van der Waals surface area contributed by atoms with Crippen molar-refractivity contribution in [3.8, 4) is 0 Å². The van der Waals surface area contributed by atoms with Crippen molar-refractivity contribution in [1.29, 1.82) is 0 Å². The van der Waals surface area contributed by atoms with Gasteiger partial charge in [0.2, 0.25) is 5.82 Å². The van der Waals surface area contributed by atoms with E-state index in [1.54, 1.807) is 4.68 Å². The first kappa shape index (κ1) is 9.68. The number of benzene rings is 1. The Hall–Kier alpha value is -1.53. The first-order chi connectivity index (χ1) is 7.74. The third-order valence-electron chi connectivity index (χ3n) is 2.38. The molecule has 0 atom stereocenters. The van der Waals surface area contributed by atoms with E-state index in [0.717, 1.165) is 11.3 Å². The molecule has 16 heavy (non-hydrogen) atoms. The molecule has 7 heteroatoms. The average molecular weight is 252 g/mol. The highest BCUT2D eigenvalue weighted by Crippen LogP contribution is 2.24. The van der Waals surface area contributed by atoms with Gasteiger partial charge in [-0.15, -0.1) is 5.10 Å². The molecule has 3 rings (SSSR count). The molecule has 0 amide bonds. The molecule has 0 fully saturated rings. The van der Waals surface area contributed by atoms with Crippen LogP contribution in [0, 0.1) is 0 Å². The highest BCUT2D eigenvalue weighted by molar-refractivity contribution is 7.81. The van der Waals surface area contributed by atoms with Gasteiger partial charge in [0.05, 0.1) is 6.54 Å². The molecule has 1 aromatic heterocycles. The summed E-state index contributed by atoms with van der Waals surface area (Å²) in [6.07, 6.45) is 0. The van der Waals surface area contributed by atoms with Crippen LogP contribution in [-0.4, -0.2) is 25.2 Å². The van der Waals surface area contributed by atoms with Gasteiger partial charge < -0.3 is 5.32 Å². The number of thiocarbonyl (C=S) groups is 1. The monoisotopic (exact) mass is 251 g/mol. The predicted octanol–water partition coefficient (Wildman–Crippen LogP) is 1.48. The fraction of sp³-hybridized carbons (Fsp3) is 0.111. The number of hydrogen-bond donors (Lipinski definition) is 1. The van der Waals surface area contributed by atoms with Gasteiger partial charge in [-0.2, -0.15) is 0 Å². The van der Waals surface area contributed by atoms with Gasteiger partial charge in [0.25, 0.3) is 0 Å². The summed E-state index contributed by atoms with van der Waals surface area (Å²) in [5, 5.41) is 15.1. The van der Waals surface area contributed by atoms with Gasteiger partial charge in [-0.05, 0) is 28.1 Å². The Balaban J connectivity index is 2.16. The maximum Gasteiger partial charge on any atom is 0.210 e. The number of aromatic nitrogens is 4. The van der Waals surface area contributed by atoms with Crippen LogP contribution >= 0.6 is 23.8 Å². The van der Waals surface area contributed by atoms with Gasteiger partial charge in [-0.3, -0.25) is 0 Å². The Bertz CT molecular complexity index is 579. The lowest BCUT2D eigenvalue weighted by Gasteiger charge is -2.06. The number of nitrogens with one attached hydrogen (secondary N) is 1. The fourth-order valence-electron chi connectivity index (χ4n) is 1.62. The standard InChI is InChI=1S/C9H6ClN5S/c10-6-2-1-5-4-15-8(12-13-14-15)9(16)11-7(5)3-6/h1-3H,4H2,(H,11,16). The molecule has 1 aliphatic heterocycles. The Morgan fingerprint density at radius 1 is 1.44 bits per heavy atom. The van der Waals surface area contributed by atoms with E-state index in [-0.39, 0.29) is 0 Å². The number of nitrogens with zero attached hydrogens (tertiary/aromatic N) is 4. The molecule has 0 aliphatic carbocycles. The maximum absolute atomic E-state index is 5.93. The Morgan fingerprint density at radius 3 is 3.19 bits per heavy atom. The Labute approximate surface area is 101 Å². The van der Waals surface area contributed by atoms with Gasteiger partial charge in [-0.25, -0.2) is 4.68 Å². The molecule has 0 saturated heterocycles. The third-order valence-corrected chi connectivity index (χ3v) is 2.89. The Kier molecular flexibility index (Phi) is 2.12. The molecular formula is C9H6ClN5S. The SMILES string of the molecule is S=C1Nc2cc(Cl)ccc2Cn2nnnc21. The zero-order valence-electron chi connectivity index (χ0n) is 8.01. The van der Waals surface area contributed by atoms with E-state index in [9.17, 15) is 0 Å². The highest BCUT2D eigenvalue weighted by atomic mass is 35.5. The summed E-state index contributed by atoms with van der Waals surface area (Å²) in [6.45, 7) is 0.585. The number of halogens is 1. The van der Waals surface area contributed by atoms with Gasteiger partial charge >= 0.3 is 0 Å². The maximum atomic E-state index is 5.93. The minimum absolute atomic E-state index is 0.506. The van der Waals surface area contributed by atoms with Crippen molar-refractivity contribution in [2.45, 2.75) is 6.54 Å². The highest BCUT2D eigenvalue weighted by Gasteiger charge is 2.18. The van der Waals surface area contributed by atoms with Gasteiger partial charge in [-0.1, -0.05) is 29.9 Å². The van der Waals surface area contributed by atoms with Gasteiger partial charge in [0.1, 0.15) is 0 Å². The number of rotatable bonds is 0. The molecule has 1 N–H and O–H groups in total. The van der Waals surface area contributed by atoms with E-state index in [0.29, 0.717) is 22.4 Å². The largest absolute Gasteiger partial charge is 0.343 e. The van der Waals surface area contributed by atoms with E-state index < -0.39 is 0 Å². The van der Waals surface area contributed by atoms with Crippen LogP contribution < -0.4 is 5.32 Å². The molecule has 0 radical (unpaired) electrons. The Morgan fingerprint density at radius 2 is 2.31 bits per heavy atom. The number of hydrogen-bond acceptors (Lipinski definition) is 4. The molecule has 2 heterocycles. The third kappa shape index (κ3) is 1.46. The summed E-state index contributed by atoms with van der Waals surface area (Å²) >= 11 is 11.1. The van der Waals surface area contributed by atoms with Crippen molar-refractivity contribution in [3.63, 3.8) is 0 Å². The van der Waals surface area contributed by atoms with Gasteiger partial charge in [0, 0.05) is 10.7 Å². The molecule has 80 valence electrons. The van der Waals surface area contributed by atoms with Crippen LogP contribution in [0.5, 0.6) is 0 Å². The van der Waals surface area contributed by atoms with Crippen molar-refractivity contribution >= 4 is 34.5 Å². The molecule has 0 saturated carbocycles. The van der Waals surface area contributed by atoms with Crippen LogP contribution in [0.15, 0.2) is 18.2 Å². The van der Waals surface area contributed by atoms with Crippen molar-refractivity contribution < 1.29 is 0 Å². The summed E-state index contributed by atoms with van der Waals surface area (Å²) in [6, 6.07) is 5.60. The second kappa shape index (κ2) is 3.50. The normalized spacial score (nSPS) is 13.7.